The topological polar surface area (TPSA) is 85.1 Å². The van der Waals surface area contributed by atoms with Crippen LogP contribution in [0.3, 0.4) is 0 Å². The largest absolute Gasteiger partial charge is 0.471 e. The summed E-state index contributed by atoms with van der Waals surface area (Å²) >= 11 is 0. The average Bonchev–Trinajstić information content (AvgIpc) is 2.86. The SMILES string of the molecule is Cc1cccc(CS(=O)(=O)N[C@@H](C)c2noc(C(F)(F)F)n2)c1. The third-order valence-corrected chi connectivity index (χ3v) is 4.29. The number of aryl methyl sites for hydroxylation is 1. The fourth-order valence-electron chi connectivity index (χ4n) is 1.91. The van der Waals surface area contributed by atoms with Crippen LogP contribution in [0.15, 0.2) is 28.8 Å². The van der Waals surface area contributed by atoms with E-state index in [2.05, 4.69) is 19.4 Å². The first-order chi connectivity index (χ1) is 10.6. The molecule has 1 aromatic heterocycles. The zero-order chi connectivity index (χ0) is 17.3. The van der Waals surface area contributed by atoms with Crippen LogP contribution in [0.1, 0.15) is 35.8 Å². The van der Waals surface area contributed by atoms with Gasteiger partial charge in [0, 0.05) is 0 Å². The molecule has 0 aliphatic rings. The maximum absolute atomic E-state index is 12.4. The van der Waals surface area contributed by atoms with Crippen LogP contribution >= 0.6 is 0 Å². The van der Waals surface area contributed by atoms with Crippen LogP contribution in [0.5, 0.6) is 0 Å². The van der Waals surface area contributed by atoms with Gasteiger partial charge in [-0.25, -0.2) is 13.1 Å². The first-order valence-electron chi connectivity index (χ1n) is 6.53. The number of hydrogen-bond acceptors (Lipinski definition) is 5. The number of nitrogens with one attached hydrogen (secondary N) is 1. The van der Waals surface area contributed by atoms with Crippen molar-refractivity contribution >= 4 is 10.0 Å². The van der Waals surface area contributed by atoms with Crippen LogP contribution in [0.2, 0.25) is 0 Å². The molecule has 0 radical (unpaired) electrons. The lowest BCUT2D eigenvalue weighted by molar-refractivity contribution is -0.159. The summed E-state index contributed by atoms with van der Waals surface area (Å²) in [4.78, 5) is 3.16. The summed E-state index contributed by atoms with van der Waals surface area (Å²) in [7, 11) is -3.78. The van der Waals surface area contributed by atoms with Crippen molar-refractivity contribution in [3.63, 3.8) is 0 Å². The number of benzene rings is 1. The lowest BCUT2D eigenvalue weighted by Crippen LogP contribution is -2.28. The molecule has 1 aromatic carbocycles. The normalized spacial score (nSPS) is 14.0. The van der Waals surface area contributed by atoms with Gasteiger partial charge in [0.15, 0.2) is 5.82 Å². The lowest BCUT2D eigenvalue weighted by atomic mass is 10.2. The lowest BCUT2D eigenvalue weighted by Gasteiger charge is -2.11. The van der Waals surface area contributed by atoms with E-state index in [1.807, 2.05) is 13.0 Å². The molecule has 23 heavy (non-hydrogen) atoms. The van der Waals surface area contributed by atoms with Gasteiger partial charge in [-0.3, -0.25) is 0 Å². The fourth-order valence-corrected chi connectivity index (χ4v) is 3.26. The van der Waals surface area contributed by atoms with Crippen molar-refractivity contribution in [1.29, 1.82) is 0 Å². The van der Waals surface area contributed by atoms with E-state index in [4.69, 9.17) is 0 Å². The zero-order valence-corrected chi connectivity index (χ0v) is 13.1. The summed E-state index contributed by atoms with van der Waals surface area (Å²) in [6.45, 7) is 3.16. The standard InChI is InChI=1S/C13H14F3N3O3S/c1-8-4-3-5-10(6-8)7-23(20,21)19-9(2)11-17-12(22-18-11)13(14,15)16/h3-6,9,19H,7H2,1-2H3/t9-/m0/s1. The number of rotatable bonds is 5. The maximum atomic E-state index is 12.4. The summed E-state index contributed by atoms with van der Waals surface area (Å²) in [5.74, 6) is -2.20. The van der Waals surface area contributed by atoms with Crippen LogP contribution in [0.4, 0.5) is 13.2 Å². The number of hydrogen-bond donors (Lipinski definition) is 1. The van der Waals surface area contributed by atoms with Crippen LogP contribution in [0, 0.1) is 6.92 Å². The molecule has 0 aliphatic heterocycles. The summed E-state index contributed by atoms with van der Waals surface area (Å²) in [5, 5.41) is 3.15. The van der Waals surface area contributed by atoms with Gasteiger partial charge in [0.1, 0.15) is 0 Å². The molecule has 0 spiro atoms. The molecular weight excluding hydrogens is 335 g/mol. The van der Waals surface area contributed by atoms with E-state index in [1.165, 1.54) is 6.92 Å². The van der Waals surface area contributed by atoms with Crippen LogP contribution < -0.4 is 4.72 Å². The van der Waals surface area contributed by atoms with Crippen LogP contribution in [-0.2, 0) is 22.0 Å². The van der Waals surface area contributed by atoms with Crippen molar-refractivity contribution in [3.05, 3.63) is 47.1 Å². The minimum absolute atomic E-state index is 0.303. The van der Waals surface area contributed by atoms with E-state index in [1.54, 1.807) is 18.2 Å². The van der Waals surface area contributed by atoms with Gasteiger partial charge in [-0.05, 0) is 19.4 Å². The Kier molecular flexibility index (Phi) is 4.76. The Bertz CT molecular complexity index is 787. The van der Waals surface area contributed by atoms with Gasteiger partial charge in [-0.15, -0.1) is 0 Å². The highest BCUT2D eigenvalue weighted by atomic mass is 32.2. The highest BCUT2D eigenvalue weighted by molar-refractivity contribution is 7.88. The van der Waals surface area contributed by atoms with Crippen molar-refractivity contribution in [2.24, 2.45) is 0 Å². The maximum Gasteiger partial charge on any atom is 0.471 e. The monoisotopic (exact) mass is 349 g/mol. The molecule has 0 saturated carbocycles. The highest BCUT2D eigenvalue weighted by Gasteiger charge is 2.39. The molecule has 0 saturated heterocycles. The number of sulfonamides is 1. The van der Waals surface area contributed by atoms with E-state index < -0.39 is 28.1 Å². The number of halogens is 3. The first-order valence-corrected chi connectivity index (χ1v) is 8.18. The Morgan fingerprint density at radius 3 is 2.61 bits per heavy atom. The van der Waals surface area contributed by atoms with E-state index in [-0.39, 0.29) is 11.6 Å². The molecular formula is C13H14F3N3O3S. The summed E-state index contributed by atoms with van der Waals surface area (Å²) in [6.07, 6.45) is -4.77. The van der Waals surface area contributed by atoms with Crippen LogP contribution in [0.25, 0.3) is 0 Å². The molecule has 0 unspecified atom stereocenters. The molecule has 1 heterocycles. The van der Waals surface area contributed by atoms with Gasteiger partial charge >= 0.3 is 12.1 Å². The predicted molar refractivity (Wildman–Crippen MR) is 74.7 cm³/mol. The van der Waals surface area contributed by atoms with Crippen molar-refractivity contribution in [2.45, 2.75) is 31.8 Å². The molecule has 2 rings (SSSR count). The van der Waals surface area contributed by atoms with Gasteiger partial charge in [0.25, 0.3) is 0 Å². The summed E-state index contributed by atoms with van der Waals surface area (Å²) in [5.41, 5.74) is 1.47. The first kappa shape index (κ1) is 17.4. The van der Waals surface area contributed by atoms with Gasteiger partial charge in [0.2, 0.25) is 10.0 Å². The molecule has 0 bridgehead atoms. The molecule has 0 aliphatic carbocycles. The molecule has 0 fully saturated rings. The van der Waals surface area contributed by atoms with Crippen molar-refractivity contribution in [1.82, 2.24) is 14.9 Å². The number of alkyl halides is 3. The third kappa shape index (κ3) is 4.76. The van der Waals surface area contributed by atoms with E-state index in [9.17, 15) is 21.6 Å². The molecule has 1 N–H and O–H groups in total. The number of nitrogens with zero attached hydrogens (tertiary/aromatic N) is 2. The summed E-state index contributed by atoms with van der Waals surface area (Å²) in [6, 6.07) is 5.85. The second-order valence-electron chi connectivity index (χ2n) is 5.04. The molecule has 0 amide bonds. The predicted octanol–water partition coefficient (Wildman–Crippen LogP) is 2.58. The molecule has 2 aromatic rings. The smallest absolute Gasteiger partial charge is 0.329 e. The quantitative estimate of drug-likeness (QED) is 0.897. The van der Waals surface area contributed by atoms with Gasteiger partial charge in [-0.1, -0.05) is 35.0 Å². The molecule has 6 nitrogen and oxygen atoms in total. The Morgan fingerprint density at radius 1 is 1.35 bits per heavy atom. The van der Waals surface area contributed by atoms with Gasteiger partial charge < -0.3 is 4.52 Å². The second-order valence-corrected chi connectivity index (χ2v) is 6.80. The molecule has 1 atom stereocenters. The van der Waals surface area contributed by atoms with Crippen molar-refractivity contribution < 1.29 is 26.1 Å². The van der Waals surface area contributed by atoms with Crippen molar-refractivity contribution in [3.8, 4) is 0 Å². The third-order valence-electron chi connectivity index (χ3n) is 2.87. The van der Waals surface area contributed by atoms with Crippen LogP contribution in [-0.4, -0.2) is 18.6 Å². The minimum Gasteiger partial charge on any atom is -0.329 e. The molecule has 126 valence electrons. The Hall–Kier alpha value is -1.94. The zero-order valence-electron chi connectivity index (χ0n) is 12.3. The van der Waals surface area contributed by atoms with Gasteiger partial charge in [0.05, 0.1) is 11.8 Å². The number of aromatic nitrogens is 2. The minimum atomic E-state index is -4.77. The van der Waals surface area contributed by atoms with E-state index in [0.29, 0.717) is 5.56 Å². The Morgan fingerprint density at radius 2 is 2.04 bits per heavy atom. The summed E-state index contributed by atoms with van der Waals surface area (Å²) < 4.78 is 67.6. The van der Waals surface area contributed by atoms with Gasteiger partial charge in [-0.2, -0.15) is 18.2 Å². The Balaban J connectivity index is 2.09. The average molecular weight is 349 g/mol. The molecule has 10 heteroatoms. The van der Waals surface area contributed by atoms with Crippen molar-refractivity contribution in [2.75, 3.05) is 0 Å². The highest BCUT2D eigenvalue weighted by Crippen LogP contribution is 2.28. The second kappa shape index (κ2) is 6.28. The fraction of sp³-hybridized carbons (Fsp3) is 0.385. The Labute approximate surface area is 130 Å². The van der Waals surface area contributed by atoms with E-state index in [0.717, 1.165) is 5.56 Å². The van der Waals surface area contributed by atoms with E-state index >= 15 is 0 Å².